The van der Waals surface area contributed by atoms with E-state index in [1.807, 2.05) is 0 Å². The van der Waals surface area contributed by atoms with Gasteiger partial charge in [0.1, 0.15) is 10.6 Å². The fourth-order valence-electron chi connectivity index (χ4n) is 2.09. The van der Waals surface area contributed by atoms with E-state index in [0.29, 0.717) is 17.8 Å². The minimum atomic E-state index is -5.02. The second kappa shape index (κ2) is 11.2. The first kappa shape index (κ1) is 27.8. The Morgan fingerprint density at radius 1 is 1.23 bits per heavy atom. The van der Waals surface area contributed by atoms with E-state index in [1.165, 1.54) is 12.1 Å². The second-order valence-electron chi connectivity index (χ2n) is 5.58. The molecule has 0 aliphatic rings. The molecular weight excluding hydrogens is 476 g/mol. The van der Waals surface area contributed by atoms with E-state index in [0.717, 1.165) is 6.92 Å². The van der Waals surface area contributed by atoms with Crippen LogP contribution in [0.25, 0.3) is 0 Å². The molecule has 2 aromatic rings. The molecule has 0 spiro atoms. The number of aliphatic hydroxyl groups is 1. The molecule has 0 fully saturated rings. The number of carbonyl (C=O) groups excluding carboxylic acids is 1. The van der Waals surface area contributed by atoms with E-state index in [-0.39, 0.29) is 24.3 Å². The molecule has 0 aliphatic carbocycles. The minimum Gasteiger partial charge on any atom is -0.504 e. The molecule has 5 N–H and O–H groups in total. The van der Waals surface area contributed by atoms with Gasteiger partial charge in [-0.1, -0.05) is 18.2 Å². The molecule has 1 atom stereocenters. The number of aliphatic imine (C=N–C) groups is 1. The summed E-state index contributed by atoms with van der Waals surface area (Å²) in [5.74, 6) is -2.57. The first-order chi connectivity index (χ1) is 13.5. The molecule has 13 nitrogen and oxygen atoms in total. The number of para-hydroxylation sites is 1. The number of carbonyl (C=O) groups is 1. The number of aliphatic hydroxyl groups excluding tert-OH is 1. The van der Waals surface area contributed by atoms with Gasteiger partial charge in [-0.2, -0.15) is 18.6 Å². The molecule has 0 saturated heterocycles. The van der Waals surface area contributed by atoms with Crippen molar-refractivity contribution in [1.82, 2.24) is 0 Å². The molecule has 166 valence electrons. The third-order valence-corrected chi connectivity index (χ3v) is 4.31. The molecule has 31 heavy (non-hydrogen) atoms. The largest absolute Gasteiger partial charge is 1.00 e. The molecule has 0 radical (unpaired) electrons. The number of hydrogen-bond acceptors (Lipinski definition) is 9. The van der Waals surface area contributed by atoms with Crippen LogP contribution in [0.15, 0.2) is 62.6 Å². The zero-order chi connectivity index (χ0) is 21.8. The molecule has 2 aromatic carbocycles. The van der Waals surface area contributed by atoms with Crippen molar-refractivity contribution >= 4 is 38.9 Å². The number of hydrogen-bond donors (Lipinski definition) is 3. The van der Waals surface area contributed by atoms with Crippen LogP contribution in [0.1, 0.15) is 8.35 Å². The van der Waals surface area contributed by atoms with Crippen LogP contribution in [-0.4, -0.2) is 51.3 Å². The Morgan fingerprint density at radius 2 is 1.81 bits per heavy atom. The molecule has 2 rings (SSSR count). The number of ketones is 1. The molecule has 15 heteroatoms. The van der Waals surface area contributed by atoms with E-state index in [2.05, 4.69) is 15.2 Å². The number of nitro benzene ring substituents is 1. The number of azo groups is 1. The summed E-state index contributed by atoms with van der Waals surface area (Å²) in [7, 11) is -5.02. The Balaban J connectivity index is 0. The summed E-state index contributed by atoms with van der Waals surface area (Å²) in [6.07, 6.45) is 0. The van der Waals surface area contributed by atoms with Gasteiger partial charge in [-0.05, 0) is 19.1 Å². The summed E-state index contributed by atoms with van der Waals surface area (Å²) >= 11 is 0. The molecular formula is C16H17CrN4O9S+. The maximum Gasteiger partial charge on any atom is 1.00 e. The zero-order valence-corrected chi connectivity index (χ0v) is 17.7. The first-order valence-electron chi connectivity index (χ1n) is 7.73. The van der Waals surface area contributed by atoms with Crippen molar-refractivity contribution < 1.29 is 57.2 Å². The fraction of sp³-hybridized carbons (Fsp3) is 0.125. The van der Waals surface area contributed by atoms with Crippen molar-refractivity contribution in [1.29, 1.82) is 0 Å². The molecule has 0 heterocycles. The van der Waals surface area contributed by atoms with Crippen LogP contribution in [0.4, 0.5) is 17.1 Å². The Hall–Kier alpha value is -3.22. The van der Waals surface area contributed by atoms with Crippen molar-refractivity contribution in [3.63, 3.8) is 0 Å². The van der Waals surface area contributed by atoms with E-state index < -0.39 is 54.8 Å². The van der Waals surface area contributed by atoms with Gasteiger partial charge in [-0.3, -0.25) is 19.5 Å². The predicted molar refractivity (Wildman–Crippen MR) is 104 cm³/mol. The first-order valence-corrected chi connectivity index (χ1v) is 9.17. The Morgan fingerprint density at radius 3 is 2.29 bits per heavy atom. The van der Waals surface area contributed by atoms with E-state index in [9.17, 15) is 33.5 Å². The van der Waals surface area contributed by atoms with Crippen LogP contribution in [-0.2, 0) is 32.3 Å². The minimum absolute atomic E-state index is 0. The van der Waals surface area contributed by atoms with Gasteiger partial charge in [0.05, 0.1) is 10.6 Å². The number of phenols is 1. The molecule has 0 amide bonds. The van der Waals surface area contributed by atoms with Crippen LogP contribution in [0.2, 0.25) is 0 Å². The number of nitrogens with zero attached hydrogens (tertiary/aromatic N) is 4. The van der Waals surface area contributed by atoms with Gasteiger partial charge < -0.3 is 15.7 Å². The molecule has 0 bridgehead atoms. The van der Waals surface area contributed by atoms with E-state index in [1.54, 1.807) is 18.2 Å². The van der Waals surface area contributed by atoms with Gasteiger partial charge in [0, 0.05) is 29.5 Å². The average molecular weight is 493 g/mol. The van der Waals surface area contributed by atoms with Gasteiger partial charge in [-0.15, -0.1) is 0 Å². The number of benzene rings is 2. The van der Waals surface area contributed by atoms with E-state index >= 15 is 0 Å². The second-order valence-corrected chi connectivity index (χ2v) is 6.97. The Kier molecular flexibility index (Phi) is 10.1. The van der Waals surface area contributed by atoms with Crippen molar-refractivity contribution in [2.45, 2.75) is 17.9 Å². The van der Waals surface area contributed by atoms with Crippen molar-refractivity contribution in [2.24, 2.45) is 15.2 Å². The summed E-state index contributed by atoms with van der Waals surface area (Å²) in [4.78, 5) is 24.4. The number of nitro groups is 1. The quantitative estimate of drug-likeness (QED) is 0.129. The zero-order valence-electron chi connectivity index (χ0n) is 16.6. The van der Waals surface area contributed by atoms with Crippen LogP contribution in [0.3, 0.4) is 0 Å². The van der Waals surface area contributed by atoms with Gasteiger partial charge in [0.2, 0.25) is 11.9 Å². The van der Waals surface area contributed by atoms with Crippen LogP contribution in [0, 0.1) is 10.1 Å². The van der Waals surface area contributed by atoms with Crippen molar-refractivity contribution in [3.05, 3.63) is 52.6 Å². The fourth-order valence-corrected chi connectivity index (χ4v) is 2.71. The maximum atomic E-state index is 11.8. The SMILES string of the molecule is CC(=O)C(N=Nc1cc([N+](=O)[O-])cc(S(=O)(=O)O)c1O)C(O)=Nc1ccccc1.O.[Cr].[H+]. The Bertz CT molecular complexity index is 1130. The number of phenolic OH excluding ortho intramolecular Hbond substituents is 1. The monoisotopic (exact) mass is 493 g/mol. The maximum absolute atomic E-state index is 11.8. The number of rotatable bonds is 7. The summed E-state index contributed by atoms with van der Waals surface area (Å²) < 4.78 is 31.8. The van der Waals surface area contributed by atoms with Gasteiger partial charge in [0.25, 0.3) is 15.8 Å². The third-order valence-electron chi connectivity index (χ3n) is 3.44. The summed E-state index contributed by atoms with van der Waals surface area (Å²) in [5.41, 5.74) is -1.23. The topological polar surface area (TPSA) is 224 Å². The smallest absolute Gasteiger partial charge is 0.504 e. The number of Topliss-reactive ketones (excluding diaryl/α,β-unsaturated/α-hetero) is 1. The standard InChI is InChI=1S/C16H14N4O8S.Cr.H2O/c1-9(21)14(16(23)17-10-5-3-2-4-6-10)19-18-12-7-11(20(24)25)8-13(15(12)22)29(26,27)28;;/h2-8,14,22H,1H3,(H,17,23)(H,26,27,28);;1H2/p+1. The third kappa shape index (κ3) is 7.20. The molecule has 0 aliphatic heterocycles. The molecule has 0 aromatic heterocycles. The molecule has 1 unspecified atom stereocenters. The van der Waals surface area contributed by atoms with Crippen LogP contribution >= 0.6 is 0 Å². The Labute approximate surface area is 187 Å². The summed E-state index contributed by atoms with van der Waals surface area (Å²) in [6.45, 7) is 1.07. The van der Waals surface area contributed by atoms with Gasteiger partial charge in [-0.25, -0.2) is 4.99 Å². The predicted octanol–water partition coefficient (Wildman–Crippen LogP) is 2.16. The number of non-ortho nitro benzene ring substituents is 1. The summed E-state index contributed by atoms with van der Waals surface area (Å²) in [6, 6.07) is 7.53. The van der Waals surface area contributed by atoms with Gasteiger partial charge >= 0.3 is 1.43 Å². The normalized spacial score (nSPS) is 12.5. The van der Waals surface area contributed by atoms with Gasteiger partial charge in [0.15, 0.2) is 11.5 Å². The number of aromatic hydroxyl groups is 1. The van der Waals surface area contributed by atoms with Crippen LogP contribution < -0.4 is 0 Å². The van der Waals surface area contributed by atoms with Crippen molar-refractivity contribution in [2.75, 3.05) is 0 Å². The average Bonchev–Trinajstić information content (AvgIpc) is 2.62. The van der Waals surface area contributed by atoms with Crippen molar-refractivity contribution in [3.8, 4) is 5.75 Å². The van der Waals surface area contributed by atoms with E-state index in [4.69, 9.17) is 4.55 Å². The molecule has 0 saturated carbocycles. The van der Waals surface area contributed by atoms with Crippen LogP contribution in [0.5, 0.6) is 5.75 Å². The summed E-state index contributed by atoms with van der Waals surface area (Å²) in [5, 5.41) is 38.0.